The van der Waals surface area contributed by atoms with Crippen LogP contribution in [0.25, 0.3) is 10.2 Å². The van der Waals surface area contributed by atoms with Crippen LogP contribution in [0.3, 0.4) is 0 Å². The average molecular weight is 327 g/mol. The van der Waals surface area contributed by atoms with Crippen LogP contribution >= 0.6 is 22.9 Å². The molecule has 7 heteroatoms. The van der Waals surface area contributed by atoms with Gasteiger partial charge in [0.1, 0.15) is 9.98 Å². The maximum absolute atomic E-state index is 12.2. The minimum Gasteiger partial charge on any atom is -0.354 e. The van der Waals surface area contributed by atoms with E-state index in [0.717, 1.165) is 22.3 Å². The predicted molar refractivity (Wildman–Crippen MR) is 88.5 cm³/mol. The predicted octanol–water partition coefficient (Wildman–Crippen LogP) is 3.42. The van der Waals surface area contributed by atoms with E-state index in [-0.39, 0.29) is 5.91 Å². The molecule has 5 nitrogen and oxygen atoms in total. The van der Waals surface area contributed by atoms with Gasteiger partial charge in [0.2, 0.25) is 5.95 Å². The number of nitrogens with one attached hydrogen (secondary N) is 1. The van der Waals surface area contributed by atoms with Crippen LogP contribution in [0.4, 0.5) is 5.95 Å². The molecule has 0 aromatic carbocycles. The number of thiophene rings is 1. The molecule has 2 rings (SSSR count). The van der Waals surface area contributed by atoms with Crippen molar-refractivity contribution in [3.63, 3.8) is 0 Å². The third-order valence-electron chi connectivity index (χ3n) is 3.01. The fourth-order valence-electron chi connectivity index (χ4n) is 1.87. The molecule has 0 aliphatic rings. The van der Waals surface area contributed by atoms with Crippen molar-refractivity contribution in [1.29, 1.82) is 0 Å². The molecule has 0 spiro atoms. The molecule has 0 aliphatic heterocycles. The summed E-state index contributed by atoms with van der Waals surface area (Å²) >= 11 is 7.63. The van der Waals surface area contributed by atoms with Crippen LogP contribution in [0.15, 0.2) is 0 Å². The number of carbonyl (C=O) groups is 1. The molecule has 0 unspecified atom stereocenters. The highest BCUT2D eigenvalue weighted by Crippen LogP contribution is 2.34. The van der Waals surface area contributed by atoms with Crippen molar-refractivity contribution < 1.29 is 4.79 Å². The molecule has 0 aliphatic carbocycles. The van der Waals surface area contributed by atoms with Crippen LogP contribution in [-0.4, -0.2) is 41.4 Å². The number of rotatable bonds is 4. The largest absolute Gasteiger partial charge is 0.354 e. The van der Waals surface area contributed by atoms with Gasteiger partial charge in [-0.05, 0) is 18.4 Å². The van der Waals surface area contributed by atoms with Gasteiger partial charge in [-0.15, -0.1) is 11.3 Å². The number of nitrogens with zero attached hydrogens (tertiary/aromatic N) is 3. The highest BCUT2D eigenvalue weighted by atomic mass is 35.5. The minimum atomic E-state index is -0.0387. The highest BCUT2D eigenvalue weighted by molar-refractivity contribution is 7.20. The molecule has 114 valence electrons. The molecule has 1 amide bonds. The average Bonchev–Trinajstić information content (AvgIpc) is 2.73. The SMILES string of the molecule is Cc1c(C(=O)N(C)C)sc2nc(NCC(C)C)nc(Cl)c12. The molecule has 0 saturated heterocycles. The molecular formula is C14H19ClN4OS. The quantitative estimate of drug-likeness (QED) is 0.875. The van der Waals surface area contributed by atoms with E-state index < -0.39 is 0 Å². The second-order valence-electron chi connectivity index (χ2n) is 5.55. The van der Waals surface area contributed by atoms with E-state index >= 15 is 0 Å². The van der Waals surface area contributed by atoms with Crippen LogP contribution < -0.4 is 5.32 Å². The van der Waals surface area contributed by atoms with Gasteiger partial charge in [0, 0.05) is 20.6 Å². The monoisotopic (exact) mass is 326 g/mol. The van der Waals surface area contributed by atoms with Gasteiger partial charge in [-0.3, -0.25) is 4.79 Å². The van der Waals surface area contributed by atoms with Gasteiger partial charge in [-0.1, -0.05) is 25.4 Å². The van der Waals surface area contributed by atoms with Gasteiger partial charge in [0.25, 0.3) is 5.91 Å². The summed E-state index contributed by atoms with van der Waals surface area (Å²) in [7, 11) is 3.46. The fraction of sp³-hybridized carbons (Fsp3) is 0.500. The van der Waals surface area contributed by atoms with Gasteiger partial charge < -0.3 is 10.2 Å². The zero-order valence-electron chi connectivity index (χ0n) is 12.8. The first kappa shape index (κ1) is 16.0. The van der Waals surface area contributed by atoms with Crippen LogP contribution in [0.1, 0.15) is 29.1 Å². The number of hydrogen-bond donors (Lipinski definition) is 1. The third kappa shape index (κ3) is 3.27. The fourth-order valence-corrected chi connectivity index (χ4v) is 3.44. The number of hydrogen-bond acceptors (Lipinski definition) is 5. The zero-order chi connectivity index (χ0) is 15.7. The van der Waals surface area contributed by atoms with E-state index in [9.17, 15) is 4.79 Å². The van der Waals surface area contributed by atoms with Crippen LogP contribution in [0.5, 0.6) is 0 Å². The number of aryl methyl sites for hydroxylation is 1. The molecule has 0 atom stereocenters. The first-order valence-electron chi connectivity index (χ1n) is 6.73. The van der Waals surface area contributed by atoms with E-state index in [4.69, 9.17) is 11.6 Å². The summed E-state index contributed by atoms with van der Waals surface area (Å²) in [6.45, 7) is 6.87. The van der Waals surface area contributed by atoms with Crippen molar-refractivity contribution in [2.24, 2.45) is 5.92 Å². The lowest BCUT2D eigenvalue weighted by atomic mass is 10.2. The van der Waals surface area contributed by atoms with Crippen molar-refractivity contribution in [2.45, 2.75) is 20.8 Å². The van der Waals surface area contributed by atoms with Crippen molar-refractivity contribution >= 4 is 45.0 Å². The smallest absolute Gasteiger partial charge is 0.263 e. The number of halogens is 1. The van der Waals surface area contributed by atoms with Gasteiger partial charge >= 0.3 is 0 Å². The standard InChI is InChI=1S/C14H19ClN4OS/c1-7(2)6-16-14-17-11(15)9-8(3)10(13(20)19(4)5)21-12(9)18-14/h7H,6H2,1-5H3,(H,16,17,18). The van der Waals surface area contributed by atoms with Crippen molar-refractivity contribution in [1.82, 2.24) is 14.9 Å². The lowest BCUT2D eigenvalue weighted by molar-refractivity contribution is 0.0831. The van der Waals surface area contributed by atoms with Crippen molar-refractivity contribution in [3.8, 4) is 0 Å². The summed E-state index contributed by atoms with van der Waals surface area (Å²) in [5, 5.41) is 4.31. The van der Waals surface area contributed by atoms with Crippen molar-refractivity contribution in [3.05, 3.63) is 15.6 Å². The second-order valence-corrected chi connectivity index (χ2v) is 6.91. The maximum Gasteiger partial charge on any atom is 0.263 e. The minimum absolute atomic E-state index is 0.0387. The zero-order valence-corrected chi connectivity index (χ0v) is 14.4. The molecule has 0 saturated carbocycles. The van der Waals surface area contributed by atoms with Crippen LogP contribution in [0, 0.1) is 12.8 Å². The van der Waals surface area contributed by atoms with Gasteiger partial charge in [-0.25, -0.2) is 9.97 Å². The molecule has 21 heavy (non-hydrogen) atoms. The summed E-state index contributed by atoms with van der Waals surface area (Å²) in [5.74, 6) is 0.952. The first-order chi connectivity index (χ1) is 9.81. The third-order valence-corrected chi connectivity index (χ3v) is 4.46. The van der Waals surface area contributed by atoms with E-state index in [1.807, 2.05) is 6.92 Å². The van der Waals surface area contributed by atoms with Gasteiger partial charge in [-0.2, -0.15) is 0 Å². The maximum atomic E-state index is 12.2. The molecular weight excluding hydrogens is 308 g/mol. The topological polar surface area (TPSA) is 58.1 Å². The number of carbonyl (C=O) groups excluding carboxylic acids is 1. The Balaban J connectivity index is 2.47. The molecule has 2 aromatic heterocycles. The Morgan fingerprint density at radius 2 is 2.05 bits per heavy atom. The molecule has 2 heterocycles. The Morgan fingerprint density at radius 1 is 1.38 bits per heavy atom. The van der Waals surface area contributed by atoms with Gasteiger partial charge in [0.15, 0.2) is 0 Å². The Morgan fingerprint density at radius 3 is 2.62 bits per heavy atom. The summed E-state index contributed by atoms with van der Waals surface area (Å²) < 4.78 is 0. The Labute approximate surface area is 133 Å². The Bertz CT molecular complexity index is 681. The first-order valence-corrected chi connectivity index (χ1v) is 7.92. The molecule has 1 N–H and O–H groups in total. The van der Waals surface area contributed by atoms with E-state index in [1.54, 1.807) is 19.0 Å². The number of amides is 1. The highest BCUT2D eigenvalue weighted by Gasteiger charge is 2.20. The second kappa shape index (κ2) is 6.15. The van der Waals surface area contributed by atoms with E-state index in [1.165, 1.54) is 11.3 Å². The number of anilines is 1. The Kier molecular flexibility index (Phi) is 4.68. The van der Waals surface area contributed by atoms with Crippen molar-refractivity contribution in [2.75, 3.05) is 26.0 Å². The summed E-state index contributed by atoms with van der Waals surface area (Å²) in [6, 6.07) is 0. The Hall–Kier alpha value is -1.40. The lowest BCUT2D eigenvalue weighted by Crippen LogP contribution is -2.21. The summed E-state index contributed by atoms with van der Waals surface area (Å²) in [4.78, 5) is 23.9. The van der Waals surface area contributed by atoms with Crippen LogP contribution in [-0.2, 0) is 0 Å². The summed E-state index contributed by atoms with van der Waals surface area (Å²) in [6.07, 6.45) is 0. The van der Waals surface area contributed by atoms with E-state index in [2.05, 4.69) is 29.1 Å². The molecule has 0 radical (unpaired) electrons. The van der Waals surface area contributed by atoms with Gasteiger partial charge in [0.05, 0.1) is 10.3 Å². The number of aromatic nitrogens is 2. The molecule has 0 fully saturated rings. The number of fused-ring (bicyclic) bond motifs is 1. The van der Waals surface area contributed by atoms with E-state index in [0.29, 0.717) is 21.9 Å². The molecule has 0 bridgehead atoms. The lowest BCUT2D eigenvalue weighted by Gasteiger charge is -2.08. The normalized spacial score (nSPS) is 11.2. The summed E-state index contributed by atoms with van der Waals surface area (Å²) in [5.41, 5.74) is 0.842. The molecule has 2 aromatic rings. The van der Waals surface area contributed by atoms with Crippen LogP contribution in [0.2, 0.25) is 5.15 Å².